The van der Waals surface area contributed by atoms with Gasteiger partial charge in [-0.15, -0.1) is 0 Å². The molecule has 1 N–H and O–H groups in total. The van der Waals surface area contributed by atoms with E-state index in [0.717, 1.165) is 0 Å². The number of benzene rings is 1. The van der Waals surface area contributed by atoms with Crippen molar-refractivity contribution in [3.63, 3.8) is 0 Å². The molecule has 0 amide bonds. The van der Waals surface area contributed by atoms with Gasteiger partial charge in [0.1, 0.15) is 11.4 Å². The third-order valence-electron chi connectivity index (χ3n) is 3.27. The molecule has 23 heavy (non-hydrogen) atoms. The lowest BCUT2D eigenvalue weighted by molar-refractivity contribution is -0.384. The van der Waals surface area contributed by atoms with Gasteiger partial charge in [-0.2, -0.15) is 5.10 Å². The largest absolute Gasteiger partial charge is 0.507 e. The minimum absolute atomic E-state index is 0.119. The average Bonchev–Trinajstić information content (AvgIpc) is 2.79. The summed E-state index contributed by atoms with van der Waals surface area (Å²) < 4.78 is 1.46. The van der Waals surface area contributed by atoms with Crippen LogP contribution in [0.15, 0.2) is 24.4 Å². The van der Waals surface area contributed by atoms with Crippen LogP contribution in [-0.2, 0) is 7.05 Å². The van der Waals surface area contributed by atoms with E-state index in [0.29, 0.717) is 12.0 Å². The number of hydrogen-bond donors (Lipinski definition) is 1. The van der Waals surface area contributed by atoms with Crippen molar-refractivity contribution in [2.75, 3.05) is 0 Å². The van der Waals surface area contributed by atoms with Crippen LogP contribution in [0.1, 0.15) is 37.6 Å². The third kappa shape index (κ3) is 3.74. The predicted octanol–water partition coefficient (Wildman–Crippen LogP) is 3.32. The molecule has 0 spiro atoms. The number of aryl methyl sites for hydroxylation is 1. The van der Waals surface area contributed by atoms with Gasteiger partial charge in [-0.25, -0.2) is 0 Å². The highest BCUT2D eigenvalue weighted by Crippen LogP contribution is 2.35. The number of phenols is 1. The highest BCUT2D eigenvalue weighted by Gasteiger charge is 2.24. The number of aromatic hydroxyl groups is 1. The summed E-state index contributed by atoms with van der Waals surface area (Å²) in [6.07, 6.45) is 1.88. The van der Waals surface area contributed by atoms with Gasteiger partial charge in [-0.05, 0) is 11.5 Å². The summed E-state index contributed by atoms with van der Waals surface area (Å²) in [4.78, 5) is 22.9. The number of nitrogens with zero attached hydrogens (tertiary/aromatic N) is 3. The summed E-state index contributed by atoms with van der Waals surface area (Å²) in [7, 11) is 1.66. The van der Waals surface area contributed by atoms with Gasteiger partial charge in [0.05, 0.1) is 16.1 Å². The van der Waals surface area contributed by atoms with Crippen molar-refractivity contribution in [1.82, 2.24) is 9.78 Å². The average molecular weight is 317 g/mol. The number of Topliss-reactive ketones (excluding diaryl/α,β-unsaturated/α-hetero) is 1. The SMILES string of the molecule is Cn1cc(C(=O)CC(C)(C)C)c(-c2cc([N+](=O)[O-])ccc2O)n1. The van der Waals surface area contributed by atoms with Crippen LogP contribution in [-0.4, -0.2) is 25.6 Å². The van der Waals surface area contributed by atoms with E-state index in [1.807, 2.05) is 20.8 Å². The smallest absolute Gasteiger partial charge is 0.270 e. The number of rotatable bonds is 4. The number of non-ortho nitro benzene ring substituents is 1. The Morgan fingerprint density at radius 1 is 1.39 bits per heavy atom. The summed E-state index contributed by atoms with van der Waals surface area (Å²) in [6, 6.07) is 3.67. The fraction of sp³-hybridized carbons (Fsp3) is 0.375. The van der Waals surface area contributed by atoms with Crippen molar-refractivity contribution in [2.45, 2.75) is 27.2 Å². The van der Waals surface area contributed by atoms with E-state index in [1.54, 1.807) is 13.2 Å². The quantitative estimate of drug-likeness (QED) is 0.530. The highest BCUT2D eigenvalue weighted by atomic mass is 16.6. The van der Waals surface area contributed by atoms with Gasteiger partial charge in [0.25, 0.3) is 5.69 Å². The first-order valence-corrected chi connectivity index (χ1v) is 7.13. The Morgan fingerprint density at radius 3 is 2.61 bits per heavy atom. The number of nitro benzene ring substituents is 1. The van der Waals surface area contributed by atoms with Gasteiger partial charge in [0, 0.05) is 31.8 Å². The maximum atomic E-state index is 12.5. The molecule has 1 aromatic carbocycles. The van der Waals surface area contributed by atoms with E-state index in [2.05, 4.69) is 5.10 Å². The zero-order valence-corrected chi connectivity index (χ0v) is 13.5. The molecule has 122 valence electrons. The second-order valence-electron chi connectivity index (χ2n) is 6.68. The van der Waals surface area contributed by atoms with Gasteiger partial charge < -0.3 is 5.11 Å². The van der Waals surface area contributed by atoms with E-state index in [1.165, 1.54) is 22.9 Å². The zero-order valence-electron chi connectivity index (χ0n) is 13.5. The maximum absolute atomic E-state index is 12.5. The molecule has 0 saturated heterocycles. The Bertz CT molecular complexity index is 772. The lowest BCUT2D eigenvalue weighted by Crippen LogP contribution is -2.13. The molecule has 2 rings (SSSR count). The minimum atomic E-state index is -0.553. The summed E-state index contributed by atoms with van der Waals surface area (Å²) >= 11 is 0. The van der Waals surface area contributed by atoms with E-state index in [4.69, 9.17) is 0 Å². The van der Waals surface area contributed by atoms with Gasteiger partial charge in [-0.3, -0.25) is 19.6 Å². The second-order valence-corrected chi connectivity index (χ2v) is 6.68. The van der Waals surface area contributed by atoms with E-state index >= 15 is 0 Å². The van der Waals surface area contributed by atoms with Gasteiger partial charge in [0.2, 0.25) is 0 Å². The van der Waals surface area contributed by atoms with Crippen molar-refractivity contribution in [1.29, 1.82) is 0 Å². The topological polar surface area (TPSA) is 98.3 Å². The molecule has 0 saturated carbocycles. The second kappa shape index (κ2) is 5.83. The Labute approximate surface area is 133 Å². The summed E-state index contributed by atoms with van der Waals surface area (Å²) in [5.41, 5.74) is 0.408. The molecule has 1 heterocycles. The fourth-order valence-corrected chi connectivity index (χ4v) is 2.30. The molecular weight excluding hydrogens is 298 g/mol. The summed E-state index contributed by atoms with van der Waals surface area (Å²) in [5.74, 6) is -0.273. The Hall–Kier alpha value is -2.70. The normalized spacial score (nSPS) is 11.5. The lowest BCUT2D eigenvalue weighted by atomic mass is 9.87. The monoisotopic (exact) mass is 317 g/mol. The maximum Gasteiger partial charge on any atom is 0.270 e. The first-order chi connectivity index (χ1) is 10.6. The molecule has 0 fully saturated rings. The van der Waals surface area contributed by atoms with E-state index < -0.39 is 4.92 Å². The van der Waals surface area contributed by atoms with Crippen LogP contribution >= 0.6 is 0 Å². The van der Waals surface area contributed by atoms with Crippen LogP contribution < -0.4 is 0 Å². The van der Waals surface area contributed by atoms with Crippen molar-refractivity contribution in [3.8, 4) is 17.0 Å². The Balaban J connectivity index is 2.55. The zero-order chi connectivity index (χ0) is 17.4. The van der Waals surface area contributed by atoms with Crippen molar-refractivity contribution < 1.29 is 14.8 Å². The number of nitro groups is 1. The molecule has 0 radical (unpaired) electrons. The predicted molar refractivity (Wildman–Crippen MR) is 85.4 cm³/mol. The lowest BCUT2D eigenvalue weighted by Gasteiger charge is -2.16. The Morgan fingerprint density at radius 2 is 2.04 bits per heavy atom. The number of phenolic OH excluding ortho intramolecular Hbond substituents is 1. The number of carbonyl (C=O) groups excluding carboxylic acids is 1. The minimum Gasteiger partial charge on any atom is -0.507 e. The fourth-order valence-electron chi connectivity index (χ4n) is 2.30. The van der Waals surface area contributed by atoms with Gasteiger partial charge in [-0.1, -0.05) is 20.8 Å². The van der Waals surface area contributed by atoms with E-state index in [9.17, 15) is 20.0 Å². The third-order valence-corrected chi connectivity index (χ3v) is 3.27. The number of carbonyl (C=O) groups is 1. The van der Waals surface area contributed by atoms with Crippen molar-refractivity contribution >= 4 is 11.5 Å². The molecule has 0 unspecified atom stereocenters. The van der Waals surface area contributed by atoms with Crippen LogP contribution in [0.25, 0.3) is 11.3 Å². The molecule has 0 bridgehead atoms. The standard InChI is InChI=1S/C16H19N3O4/c1-16(2,3)8-14(21)12-9-18(4)17-15(12)11-7-10(19(22)23)5-6-13(11)20/h5-7,9,20H,8H2,1-4H3. The van der Waals surface area contributed by atoms with Gasteiger partial charge in [0.15, 0.2) is 5.78 Å². The molecule has 0 aliphatic carbocycles. The van der Waals surface area contributed by atoms with Crippen molar-refractivity contribution in [3.05, 3.63) is 40.1 Å². The molecule has 7 nitrogen and oxygen atoms in total. The van der Waals surface area contributed by atoms with Gasteiger partial charge >= 0.3 is 0 Å². The van der Waals surface area contributed by atoms with Crippen LogP contribution in [0.5, 0.6) is 5.75 Å². The molecular formula is C16H19N3O4. The molecule has 2 aromatic rings. The number of aromatic nitrogens is 2. The summed E-state index contributed by atoms with van der Waals surface area (Å²) in [5, 5.41) is 25.2. The molecule has 0 aliphatic rings. The van der Waals surface area contributed by atoms with Crippen LogP contribution in [0.4, 0.5) is 5.69 Å². The Kier molecular flexibility index (Phi) is 4.22. The first-order valence-electron chi connectivity index (χ1n) is 7.13. The van der Waals surface area contributed by atoms with Crippen LogP contribution in [0.3, 0.4) is 0 Å². The first kappa shape index (κ1) is 16.7. The number of ketones is 1. The molecule has 0 atom stereocenters. The van der Waals surface area contributed by atoms with Crippen molar-refractivity contribution in [2.24, 2.45) is 12.5 Å². The van der Waals surface area contributed by atoms with E-state index in [-0.39, 0.29) is 33.9 Å². The highest BCUT2D eigenvalue weighted by molar-refractivity contribution is 6.02. The summed E-state index contributed by atoms with van der Waals surface area (Å²) in [6.45, 7) is 5.85. The molecule has 7 heteroatoms. The molecule has 0 aliphatic heterocycles. The molecule has 1 aromatic heterocycles. The van der Waals surface area contributed by atoms with Crippen LogP contribution in [0.2, 0.25) is 0 Å². The van der Waals surface area contributed by atoms with Crippen LogP contribution in [0, 0.1) is 15.5 Å². The number of hydrogen-bond acceptors (Lipinski definition) is 5.